The quantitative estimate of drug-likeness (QED) is 0.510. The number of anilines is 1. The lowest BCUT2D eigenvalue weighted by molar-refractivity contribution is 0.0689. The second-order valence-corrected chi connectivity index (χ2v) is 5.59. The van der Waals surface area contributed by atoms with Crippen molar-refractivity contribution < 1.29 is 17.9 Å². The Morgan fingerprint density at radius 2 is 2.16 bits per heavy atom. The van der Waals surface area contributed by atoms with Crippen LogP contribution in [0.25, 0.3) is 0 Å². The minimum Gasteiger partial charge on any atom is -0.383 e. The fraction of sp³-hybridized carbons (Fsp3) is 0.700. The zero-order valence-electron chi connectivity index (χ0n) is 10.9. The molecule has 0 saturated heterocycles. The molecule has 0 fully saturated rings. The van der Waals surface area contributed by atoms with E-state index in [1.165, 1.54) is 6.20 Å². The molecular formula is C10H20N4O4S. The highest BCUT2D eigenvalue weighted by Crippen LogP contribution is 2.13. The Balaban J connectivity index is 2.17. The highest BCUT2D eigenvalue weighted by atomic mass is 32.2. The number of sulfonamides is 1. The Kier molecular flexibility index (Phi) is 6.78. The van der Waals surface area contributed by atoms with Gasteiger partial charge >= 0.3 is 0 Å². The average Bonchev–Trinajstić information content (AvgIpc) is 2.80. The monoisotopic (exact) mass is 292 g/mol. The zero-order chi connectivity index (χ0) is 14.1. The summed E-state index contributed by atoms with van der Waals surface area (Å²) in [5, 5.41) is 5.95. The third-order valence-corrected chi connectivity index (χ3v) is 3.85. The van der Waals surface area contributed by atoms with Crippen molar-refractivity contribution in [2.45, 2.75) is 17.7 Å². The number of H-pyrrole nitrogens is 1. The molecule has 0 saturated carbocycles. The van der Waals surface area contributed by atoms with Crippen LogP contribution < -0.4 is 10.5 Å². The van der Waals surface area contributed by atoms with Gasteiger partial charge in [-0.15, -0.1) is 0 Å². The molecule has 4 N–H and O–H groups in total. The molecule has 19 heavy (non-hydrogen) atoms. The summed E-state index contributed by atoms with van der Waals surface area (Å²) in [6, 6.07) is 0. The molecule has 0 spiro atoms. The van der Waals surface area contributed by atoms with Gasteiger partial charge in [0, 0.05) is 20.3 Å². The van der Waals surface area contributed by atoms with Crippen LogP contribution in [-0.2, 0) is 19.5 Å². The highest BCUT2D eigenvalue weighted by Gasteiger charge is 2.18. The van der Waals surface area contributed by atoms with Crippen LogP contribution in [0.3, 0.4) is 0 Å². The summed E-state index contributed by atoms with van der Waals surface area (Å²) in [5.41, 5.74) is 5.46. The first-order chi connectivity index (χ1) is 9.08. The SMILES string of the molecule is COCCOCCCCNS(=O)(=O)c1cn[nH]c1N. The maximum atomic E-state index is 11.8. The molecule has 8 nitrogen and oxygen atoms in total. The van der Waals surface area contributed by atoms with E-state index in [0.29, 0.717) is 32.8 Å². The number of nitrogens with zero attached hydrogens (tertiary/aromatic N) is 1. The first-order valence-electron chi connectivity index (χ1n) is 5.93. The number of ether oxygens (including phenoxy) is 2. The third-order valence-electron chi connectivity index (χ3n) is 2.36. The van der Waals surface area contributed by atoms with E-state index >= 15 is 0 Å². The topological polar surface area (TPSA) is 119 Å². The molecule has 0 aliphatic heterocycles. The predicted octanol–water partition coefficient (Wildman–Crippen LogP) is -0.287. The summed E-state index contributed by atoms with van der Waals surface area (Å²) >= 11 is 0. The van der Waals surface area contributed by atoms with Gasteiger partial charge in [0.15, 0.2) is 0 Å². The van der Waals surface area contributed by atoms with Crippen molar-refractivity contribution in [3.05, 3.63) is 6.20 Å². The van der Waals surface area contributed by atoms with Crippen LogP contribution in [0.4, 0.5) is 5.82 Å². The fourth-order valence-corrected chi connectivity index (χ4v) is 2.45. The lowest BCUT2D eigenvalue weighted by Gasteiger charge is -2.06. The van der Waals surface area contributed by atoms with Crippen LogP contribution in [0.15, 0.2) is 11.1 Å². The summed E-state index contributed by atoms with van der Waals surface area (Å²) in [7, 11) is -1.97. The zero-order valence-corrected chi connectivity index (χ0v) is 11.7. The van der Waals surface area contributed by atoms with Gasteiger partial charge in [-0.05, 0) is 12.8 Å². The Bertz CT molecular complexity index is 460. The fourth-order valence-electron chi connectivity index (χ4n) is 1.36. The van der Waals surface area contributed by atoms with E-state index in [9.17, 15) is 8.42 Å². The molecule has 0 aliphatic carbocycles. The van der Waals surface area contributed by atoms with Gasteiger partial charge in [-0.25, -0.2) is 13.1 Å². The van der Waals surface area contributed by atoms with Crippen molar-refractivity contribution in [3.8, 4) is 0 Å². The average molecular weight is 292 g/mol. The Morgan fingerprint density at radius 3 is 2.79 bits per heavy atom. The van der Waals surface area contributed by atoms with Gasteiger partial charge in [0.2, 0.25) is 10.0 Å². The number of rotatable bonds is 10. The summed E-state index contributed by atoms with van der Waals surface area (Å²) in [6.07, 6.45) is 2.64. The van der Waals surface area contributed by atoms with E-state index in [-0.39, 0.29) is 10.7 Å². The molecule has 9 heteroatoms. The van der Waals surface area contributed by atoms with Gasteiger partial charge in [0.05, 0.1) is 19.4 Å². The third kappa shape index (κ3) is 5.55. The van der Waals surface area contributed by atoms with Crippen molar-refractivity contribution in [2.75, 3.05) is 39.2 Å². The minimum atomic E-state index is -3.58. The van der Waals surface area contributed by atoms with Gasteiger partial charge in [0.25, 0.3) is 0 Å². The van der Waals surface area contributed by atoms with Gasteiger partial charge in [-0.2, -0.15) is 5.10 Å². The number of methoxy groups -OCH3 is 1. The number of unbranched alkanes of at least 4 members (excludes halogenated alkanes) is 1. The van der Waals surface area contributed by atoms with E-state index in [1.807, 2.05) is 0 Å². The number of nitrogens with two attached hydrogens (primary N) is 1. The van der Waals surface area contributed by atoms with E-state index in [0.717, 1.165) is 6.42 Å². The van der Waals surface area contributed by atoms with Crippen molar-refractivity contribution in [2.24, 2.45) is 0 Å². The van der Waals surface area contributed by atoms with Crippen molar-refractivity contribution in [1.82, 2.24) is 14.9 Å². The molecule has 1 aromatic rings. The largest absolute Gasteiger partial charge is 0.383 e. The Hall–Kier alpha value is -1.16. The van der Waals surface area contributed by atoms with E-state index in [1.54, 1.807) is 7.11 Å². The number of hydrogen-bond donors (Lipinski definition) is 3. The first kappa shape index (κ1) is 15.9. The molecule has 0 aliphatic rings. The van der Waals surface area contributed by atoms with Crippen LogP contribution in [0.5, 0.6) is 0 Å². The lowest BCUT2D eigenvalue weighted by Crippen LogP contribution is -2.25. The van der Waals surface area contributed by atoms with Crippen LogP contribution in [-0.4, -0.2) is 52.1 Å². The van der Waals surface area contributed by atoms with Crippen LogP contribution in [0.1, 0.15) is 12.8 Å². The van der Waals surface area contributed by atoms with Crippen molar-refractivity contribution >= 4 is 15.8 Å². The van der Waals surface area contributed by atoms with Crippen molar-refractivity contribution in [1.29, 1.82) is 0 Å². The number of aromatic nitrogens is 2. The van der Waals surface area contributed by atoms with E-state index in [4.69, 9.17) is 15.2 Å². The van der Waals surface area contributed by atoms with Gasteiger partial charge in [-0.3, -0.25) is 5.10 Å². The van der Waals surface area contributed by atoms with Gasteiger partial charge in [0.1, 0.15) is 10.7 Å². The van der Waals surface area contributed by atoms with Gasteiger partial charge < -0.3 is 15.2 Å². The molecule has 0 amide bonds. The molecule has 110 valence electrons. The maximum absolute atomic E-state index is 11.8. The molecule has 1 aromatic heterocycles. The molecule has 1 heterocycles. The summed E-state index contributed by atoms with van der Waals surface area (Å²) < 4.78 is 36.1. The Morgan fingerprint density at radius 1 is 1.37 bits per heavy atom. The smallest absolute Gasteiger partial charge is 0.245 e. The molecule has 0 aromatic carbocycles. The molecular weight excluding hydrogens is 272 g/mol. The van der Waals surface area contributed by atoms with Crippen LogP contribution in [0, 0.1) is 0 Å². The molecule has 0 radical (unpaired) electrons. The van der Waals surface area contributed by atoms with Crippen LogP contribution in [0.2, 0.25) is 0 Å². The standard InChI is InChI=1S/C10H20N4O4S/c1-17-6-7-18-5-3-2-4-13-19(15,16)9-8-12-14-10(9)11/h8,13H,2-7H2,1H3,(H3,11,12,14). The number of nitrogen functional groups attached to an aromatic ring is 1. The summed E-state index contributed by atoms with van der Waals surface area (Å²) in [4.78, 5) is -0.0242. The maximum Gasteiger partial charge on any atom is 0.245 e. The van der Waals surface area contributed by atoms with E-state index < -0.39 is 10.0 Å². The molecule has 1 rings (SSSR count). The normalized spacial score (nSPS) is 11.8. The predicted molar refractivity (Wildman–Crippen MR) is 70.1 cm³/mol. The van der Waals surface area contributed by atoms with E-state index in [2.05, 4.69) is 14.9 Å². The summed E-state index contributed by atoms with van der Waals surface area (Å²) in [5.74, 6) is 0.0374. The molecule has 0 bridgehead atoms. The van der Waals surface area contributed by atoms with Gasteiger partial charge in [-0.1, -0.05) is 0 Å². The van der Waals surface area contributed by atoms with Crippen molar-refractivity contribution in [3.63, 3.8) is 0 Å². The lowest BCUT2D eigenvalue weighted by atomic mass is 10.3. The van der Waals surface area contributed by atoms with Crippen LogP contribution >= 0.6 is 0 Å². The number of hydrogen-bond acceptors (Lipinski definition) is 6. The highest BCUT2D eigenvalue weighted by molar-refractivity contribution is 7.89. The second kappa shape index (κ2) is 8.10. The summed E-state index contributed by atoms with van der Waals surface area (Å²) in [6.45, 7) is 2.03. The number of aromatic amines is 1. The molecule has 0 atom stereocenters. The first-order valence-corrected chi connectivity index (χ1v) is 7.41. The second-order valence-electron chi connectivity index (χ2n) is 3.86. The minimum absolute atomic E-state index is 0.0242. The molecule has 0 unspecified atom stereocenters. The Labute approximate surface area is 112 Å². The number of nitrogens with one attached hydrogen (secondary N) is 2.